The molecule has 0 spiro atoms. The Balaban J connectivity index is 1.70. The van der Waals surface area contributed by atoms with Gasteiger partial charge in [-0.05, 0) is 29.7 Å². The zero-order chi connectivity index (χ0) is 14.4. The van der Waals surface area contributed by atoms with Crippen molar-refractivity contribution < 1.29 is 9.63 Å². The molecule has 104 valence electrons. The number of phenolic OH excluding ortho intramolecular Hbond substituents is 1. The van der Waals surface area contributed by atoms with E-state index in [1.54, 1.807) is 18.2 Å². The largest absolute Gasteiger partial charge is 0.505 e. The fourth-order valence-electron chi connectivity index (χ4n) is 2.71. The van der Waals surface area contributed by atoms with Gasteiger partial charge >= 0.3 is 0 Å². The van der Waals surface area contributed by atoms with Crippen molar-refractivity contribution >= 4 is 5.69 Å². The summed E-state index contributed by atoms with van der Waals surface area (Å²) in [6, 6.07) is 13.3. The fraction of sp³-hybridized carbons (Fsp3) is 0.125. The van der Waals surface area contributed by atoms with Crippen molar-refractivity contribution in [2.24, 2.45) is 0 Å². The number of fused-ring (bicyclic) bond motifs is 1. The molecule has 3 N–H and O–H groups in total. The van der Waals surface area contributed by atoms with Gasteiger partial charge in [-0.25, -0.2) is 0 Å². The second-order valence-electron chi connectivity index (χ2n) is 5.16. The highest BCUT2D eigenvalue weighted by Gasteiger charge is 2.31. The molecule has 1 atom stereocenters. The minimum Gasteiger partial charge on any atom is -0.505 e. The van der Waals surface area contributed by atoms with Crippen LogP contribution >= 0.6 is 0 Å². The number of para-hydroxylation sites is 1. The van der Waals surface area contributed by atoms with Crippen LogP contribution in [0.3, 0.4) is 0 Å². The van der Waals surface area contributed by atoms with Gasteiger partial charge in [0, 0.05) is 0 Å². The van der Waals surface area contributed by atoms with Crippen molar-refractivity contribution in [1.82, 2.24) is 10.1 Å². The van der Waals surface area contributed by atoms with Crippen LogP contribution in [-0.2, 0) is 6.42 Å². The first-order chi connectivity index (χ1) is 10.2. The lowest BCUT2D eigenvalue weighted by atomic mass is 9.77. The van der Waals surface area contributed by atoms with E-state index in [4.69, 9.17) is 10.3 Å². The minimum atomic E-state index is -0.0262. The molecule has 1 aliphatic rings. The van der Waals surface area contributed by atoms with Crippen molar-refractivity contribution in [1.29, 1.82) is 0 Å². The second-order valence-corrected chi connectivity index (χ2v) is 5.16. The first kappa shape index (κ1) is 12.0. The normalized spacial score (nSPS) is 16.3. The zero-order valence-electron chi connectivity index (χ0n) is 11.2. The monoisotopic (exact) mass is 279 g/mol. The van der Waals surface area contributed by atoms with Crippen LogP contribution < -0.4 is 5.73 Å². The molecule has 0 saturated heterocycles. The Hall–Kier alpha value is -2.82. The van der Waals surface area contributed by atoms with Crippen molar-refractivity contribution in [2.45, 2.75) is 12.3 Å². The van der Waals surface area contributed by atoms with Crippen LogP contribution in [0.4, 0.5) is 5.69 Å². The predicted octanol–water partition coefficient (Wildman–Crippen LogP) is 2.71. The second kappa shape index (κ2) is 4.34. The topological polar surface area (TPSA) is 85.2 Å². The van der Waals surface area contributed by atoms with Gasteiger partial charge in [-0.1, -0.05) is 35.5 Å². The average Bonchev–Trinajstić information content (AvgIpc) is 2.92. The third-order valence-electron chi connectivity index (χ3n) is 3.91. The van der Waals surface area contributed by atoms with Crippen molar-refractivity contribution in [3.8, 4) is 17.2 Å². The van der Waals surface area contributed by atoms with E-state index >= 15 is 0 Å². The summed E-state index contributed by atoms with van der Waals surface area (Å²) in [6.07, 6.45) is 0.915. The molecule has 1 unspecified atom stereocenters. The number of nitrogens with two attached hydrogens (primary N) is 1. The van der Waals surface area contributed by atoms with E-state index in [1.807, 2.05) is 12.1 Å². The van der Waals surface area contributed by atoms with E-state index in [-0.39, 0.29) is 11.7 Å². The van der Waals surface area contributed by atoms with Crippen LogP contribution in [0.2, 0.25) is 0 Å². The number of phenols is 1. The fourth-order valence-corrected chi connectivity index (χ4v) is 2.71. The van der Waals surface area contributed by atoms with Gasteiger partial charge < -0.3 is 15.4 Å². The molecular formula is C16H13N3O2. The first-order valence-electron chi connectivity index (χ1n) is 6.73. The third-order valence-corrected chi connectivity index (χ3v) is 3.91. The number of rotatable bonds is 2. The van der Waals surface area contributed by atoms with E-state index in [0.29, 0.717) is 23.0 Å². The molecule has 0 saturated carbocycles. The molecule has 1 aromatic heterocycles. The lowest BCUT2D eigenvalue weighted by molar-refractivity contribution is 0.412. The lowest BCUT2D eigenvalue weighted by Gasteiger charge is -2.27. The van der Waals surface area contributed by atoms with E-state index in [2.05, 4.69) is 22.3 Å². The van der Waals surface area contributed by atoms with E-state index < -0.39 is 0 Å². The highest BCUT2D eigenvalue weighted by molar-refractivity contribution is 5.71. The smallest absolute Gasteiger partial charge is 0.261 e. The maximum atomic E-state index is 9.98. The molecule has 3 aromatic rings. The standard InChI is InChI=1S/C16H13N3O2/c17-13-7-3-6-11(14(13)20)16-18-15(19-21-16)12-8-9-4-1-2-5-10(9)12/h1-7,12,20H,8,17H2. The summed E-state index contributed by atoms with van der Waals surface area (Å²) in [7, 11) is 0. The lowest BCUT2D eigenvalue weighted by Crippen LogP contribution is -2.19. The number of nitrogen functional groups attached to an aromatic ring is 1. The van der Waals surface area contributed by atoms with Crippen LogP contribution in [0.1, 0.15) is 22.9 Å². The van der Waals surface area contributed by atoms with Gasteiger partial charge in [0.25, 0.3) is 5.89 Å². The molecule has 1 heterocycles. The number of anilines is 1. The van der Waals surface area contributed by atoms with Crippen LogP contribution in [0.5, 0.6) is 5.75 Å². The SMILES string of the molecule is Nc1cccc(-c2nc(C3Cc4ccccc43)no2)c1O. The van der Waals surface area contributed by atoms with Gasteiger partial charge in [-0.15, -0.1) is 0 Å². The summed E-state index contributed by atoms with van der Waals surface area (Å²) in [5, 5.41) is 14.0. The molecular weight excluding hydrogens is 266 g/mol. The highest BCUT2D eigenvalue weighted by atomic mass is 16.5. The maximum Gasteiger partial charge on any atom is 0.261 e. The molecule has 1 aliphatic carbocycles. The van der Waals surface area contributed by atoms with Gasteiger partial charge in [0.2, 0.25) is 0 Å². The summed E-state index contributed by atoms with van der Waals surface area (Å²) >= 11 is 0. The minimum absolute atomic E-state index is 0.0262. The molecule has 0 radical (unpaired) electrons. The van der Waals surface area contributed by atoms with Crippen molar-refractivity contribution in [2.75, 3.05) is 5.73 Å². The predicted molar refractivity (Wildman–Crippen MR) is 77.8 cm³/mol. The number of aromatic nitrogens is 2. The Labute approximate surface area is 121 Å². The maximum absolute atomic E-state index is 9.98. The molecule has 5 nitrogen and oxygen atoms in total. The Bertz CT molecular complexity index is 826. The molecule has 2 aromatic carbocycles. The van der Waals surface area contributed by atoms with Crippen molar-refractivity contribution in [3.63, 3.8) is 0 Å². The molecule has 5 heteroatoms. The number of hydrogen-bond donors (Lipinski definition) is 2. The van der Waals surface area contributed by atoms with Crippen LogP contribution in [0.15, 0.2) is 47.0 Å². The average molecular weight is 279 g/mol. The summed E-state index contributed by atoms with van der Waals surface area (Å²) in [5.41, 5.74) is 9.00. The molecule has 21 heavy (non-hydrogen) atoms. The van der Waals surface area contributed by atoms with Gasteiger partial charge in [0.1, 0.15) is 0 Å². The molecule has 4 rings (SSSR count). The summed E-state index contributed by atoms with van der Waals surface area (Å²) in [4.78, 5) is 4.41. The molecule has 0 bridgehead atoms. The van der Waals surface area contributed by atoms with Gasteiger partial charge in [-0.2, -0.15) is 4.98 Å². The third kappa shape index (κ3) is 1.78. The van der Waals surface area contributed by atoms with Crippen molar-refractivity contribution in [3.05, 3.63) is 59.4 Å². The quantitative estimate of drug-likeness (QED) is 0.556. The van der Waals surface area contributed by atoms with Crippen LogP contribution in [0, 0.1) is 0 Å². The number of benzene rings is 2. The highest BCUT2D eigenvalue weighted by Crippen LogP contribution is 2.40. The molecule has 0 amide bonds. The Morgan fingerprint density at radius 1 is 1.14 bits per heavy atom. The molecule has 0 aliphatic heterocycles. The number of aromatic hydroxyl groups is 1. The van der Waals surface area contributed by atoms with Gasteiger partial charge in [0.15, 0.2) is 11.6 Å². The Kier molecular flexibility index (Phi) is 2.47. The van der Waals surface area contributed by atoms with Gasteiger partial charge in [0.05, 0.1) is 17.2 Å². The van der Waals surface area contributed by atoms with Crippen LogP contribution in [-0.4, -0.2) is 15.2 Å². The summed E-state index contributed by atoms with van der Waals surface area (Å²) in [6.45, 7) is 0. The number of hydrogen-bond acceptors (Lipinski definition) is 5. The van der Waals surface area contributed by atoms with E-state index in [9.17, 15) is 5.11 Å². The van der Waals surface area contributed by atoms with Gasteiger partial charge in [-0.3, -0.25) is 0 Å². The van der Waals surface area contributed by atoms with E-state index in [0.717, 1.165) is 6.42 Å². The summed E-state index contributed by atoms with van der Waals surface area (Å²) in [5.74, 6) is 1.08. The Morgan fingerprint density at radius 3 is 2.86 bits per heavy atom. The Morgan fingerprint density at radius 2 is 2.00 bits per heavy atom. The first-order valence-corrected chi connectivity index (χ1v) is 6.73. The zero-order valence-corrected chi connectivity index (χ0v) is 11.2. The van der Waals surface area contributed by atoms with Crippen LogP contribution in [0.25, 0.3) is 11.5 Å². The summed E-state index contributed by atoms with van der Waals surface area (Å²) < 4.78 is 5.28. The number of nitrogens with zero attached hydrogens (tertiary/aromatic N) is 2. The van der Waals surface area contributed by atoms with E-state index in [1.165, 1.54) is 11.1 Å². The molecule has 0 fully saturated rings.